The summed E-state index contributed by atoms with van der Waals surface area (Å²) in [6, 6.07) is 14.7. The number of carboxylic acid groups (broad SMARTS) is 1. The highest BCUT2D eigenvalue weighted by Gasteiger charge is 2.38. The van der Waals surface area contributed by atoms with Crippen LogP contribution in [-0.4, -0.2) is 49.1 Å². The van der Waals surface area contributed by atoms with Gasteiger partial charge < -0.3 is 10.4 Å². The minimum Gasteiger partial charge on any atom is -0.475 e. The van der Waals surface area contributed by atoms with Crippen molar-refractivity contribution in [1.82, 2.24) is 19.6 Å². The van der Waals surface area contributed by atoms with Gasteiger partial charge in [-0.05, 0) is 60.4 Å². The molecule has 0 unspecified atom stereocenters. The third-order valence-electron chi connectivity index (χ3n) is 5.63. The molecule has 0 saturated heterocycles. The molecule has 204 valence electrons. The Balaban J connectivity index is 0.000000470. The zero-order chi connectivity index (χ0) is 28.9. The lowest BCUT2D eigenvalue weighted by Crippen LogP contribution is -2.31. The van der Waals surface area contributed by atoms with Gasteiger partial charge in [-0.3, -0.25) is 0 Å². The van der Waals surface area contributed by atoms with Crippen LogP contribution in [0.1, 0.15) is 34.8 Å². The van der Waals surface area contributed by atoms with Crippen LogP contribution in [0.4, 0.5) is 28.0 Å². The summed E-state index contributed by atoms with van der Waals surface area (Å²) < 4.78 is 46.7. The van der Waals surface area contributed by atoms with Crippen molar-refractivity contribution in [3.63, 3.8) is 0 Å². The molecule has 1 atom stereocenters. The largest absolute Gasteiger partial charge is 0.490 e. The van der Waals surface area contributed by atoms with Crippen molar-refractivity contribution in [3.8, 4) is 11.8 Å². The molecule has 3 heterocycles. The molecule has 2 amide bonds. The fraction of sp³-hybridized carbons (Fsp3) is 0.148. The zero-order valence-corrected chi connectivity index (χ0v) is 20.7. The first-order valence-electron chi connectivity index (χ1n) is 11.6. The number of nitrogens with one attached hydrogen (secondary N) is 1. The van der Waals surface area contributed by atoms with Crippen LogP contribution in [0.2, 0.25) is 0 Å². The number of carbonyl (C=O) groups excluding carboxylic acids is 1. The van der Waals surface area contributed by atoms with Gasteiger partial charge in [0, 0.05) is 30.1 Å². The number of anilines is 1. The van der Waals surface area contributed by atoms with Gasteiger partial charge in [-0.1, -0.05) is 24.1 Å². The minimum atomic E-state index is -5.08. The molecule has 13 heteroatoms. The molecule has 0 radical (unpaired) electrons. The lowest BCUT2D eigenvalue weighted by atomic mass is 10.0. The summed E-state index contributed by atoms with van der Waals surface area (Å²) in [6.45, 7) is 1.96. The second-order valence-electron chi connectivity index (χ2n) is 8.40. The Hall–Kier alpha value is -5.25. The van der Waals surface area contributed by atoms with Crippen molar-refractivity contribution in [3.05, 3.63) is 95.2 Å². The summed E-state index contributed by atoms with van der Waals surface area (Å²) in [5.74, 6) is 3.18. The van der Waals surface area contributed by atoms with E-state index in [4.69, 9.17) is 9.90 Å². The van der Waals surface area contributed by atoms with E-state index >= 15 is 0 Å². The first kappa shape index (κ1) is 27.8. The van der Waals surface area contributed by atoms with Crippen molar-refractivity contribution >= 4 is 29.5 Å². The van der Waals surface area contributed by atoms with Crippen LogP contribution >= 0.6 is 0 Å². The highest BCUT2D eigenvalue weighted by atomic mass is 19.4. The van der Waals surface area contributed by atoms with E-state index in [1.807, 2.05) is 37.3 Å². The van der Waals surface area contributed by atoms with Crippen LogP contribution in [-0.2, 0) is 4.79 Å². The van der Waals surface area contributed by atoms with Gasteiger partial charge in [-0.2, -0.15) is 23.4 Å². The van der Waals surface area contributed by atoms with Crippen molar-refractivity contribution in [2.24, 2.45) is 5.10 Å². The van der Waals surface area contributed by atoms with E-state index in [9.17, 15) is 22.4 Å². The topological polar surface area (TPSA) is 112 Å². The number of carboxylic acids is 1. The Morgan fingerprint density at radius 3 is 2.52 bits per heavy atom. The lowest BCUT2D eigenvalue weighted by molar-refractivity contribution is -0.192. The number of urea groups is 1. The quantitative estimate of drug-likeness (QED) is 0.263. The normalized spacial score (nSPS) is 14.2. The van der Waals surface area contributed by atoms with Crippen LogP contribution in [0.3, 0.4) is 0 Å². The third kappa shape index (κ3) is 6.60. The second kappa shape index (κ2) is 11.6. The fourth-order valence-electron chi connectivity index (χ4n) is 3.63. The number of aliphatic carboxylic acids is 1. The van der Waals surface area contributed by atoms with Crippen LogP contribution in [0.5, 0.6) is 0 Å². The molecule has 4 aromatic rings. The number of hydrazone groups is 1. The van der Waals surface area contributed by atoms with Crippen LogP contribution in [0.25, 0.3) is 5.65 Å². The summed E-state index contributed by atoms with van der Waals surface area (Å²) in [5.41, 5.74) is 4.58. The van der Waals surface area contributed by atoms with Gasteiger partial charge in [0.25, 0.3) is 0 Å². The first-order chi connectivity index (χ1) is 19.0. The number of hydrogen-bond acceptors (Lipinski definition) is 5. The number of amides is 2. The number of alkyl halides is 3. The number of carbonyl (C=O) groups is 2. The number of fused-ring (bicyclic) bond motifs is 1. The van der Waals surface area contributed by atoms with Crippen LogP contribution in [0.15, 0.2) is 72.1 Å². The highest BCUT2D eigenvalue weighted by molar-refractivity contribution is 5.91. The van der Waals surface area contributed by atoms with E-state index in [1.54, 1.807) is 35.3 Å². The smallest absolute Gasteiger partial charge is 0.475 e. The van der Waals surface area contributed by atoms with E-state index in [0.29, 0.717) is 17.8 Å². The third-order valence-corrected chi connectivity index (χ3v) is 5.63. The predicted molar refractivity (Wildman–Crippen MR) is 137 cm³/mol. The van der Waals surface area contributed by atoms with Gasteiger partial charge in [-0.15, -0.1) is 0 Å². The zero-order valence-electron chi connectivity index (χ0n) is 20.7. The number of nitrogens with zero attached hydrogens (tertiary/aromatic N) is 5. The maximum absolute atomic E-state index is 13.3. The first-order valence-corrected chi connectivity index (χ1v) is 11.6. The summed E-state index contributed by atoms with van der Waals surface area (Å²) >= 11 is 0. The molecule has 2 aromatic carbocycles. The summed E-state index contributed by atoms with van der Waals surface area (Å²) in [6.07, 6.45) is 0.527. The van der Waals surface area contributed by atoms with E-state index < -0.39 is 12.1 Å². The molecule has 0 spiro atoms. The number of benzene rings is 2. The standard InChI is InChI=1S/C25H19FN6O.C2HF3O2/c1-17-4-10-21(15-19(17)7-11-22-16-27-24-3-2-13-28-31(22)24)30-25(33)32-23(12-14-29-32)18-5-8-20(26)9-6-18;3-2(4,5)1(6)7/h2-6,8-10,13-16,23H,12H2,1H3,(H,30,33);(H,6,7)/t23-;/m1./s1. The molecular formula is C27H20F4N6O3. The van der Waals surface area contributed by atoms with Crippen LogP contribution in [0, 0.1) is 24.6 Å². The maximum Gasteiger partial charge on any atom is 0.490 e. The molecule has 0 bridgehead atoms. The molecule has 0 saturated carbocycles. The monoisotopic (exact) mass is 552 g/mol. The van der Waals surface area contributed by atoms with Gasteiger partial charge in [0.05, 0.1) is 12.2 Å². The van der Waals surface area contributed by atoms with Crippen molar-refractivity contribution in [1.29, 1.82) is 0 Å². The molecule has 40 heavy (non-hydrogen) atoms. The van der Waals surface area contributed by atoms with Gasteiger partial charge in [0.1, 0.15) is 11.5 Å². The second-order valence-corrected chi connectivity index (χ2v) is 8.40. The Morgan fingerprint density at radius 2 is 1.82 bits per heavy atom. The maximum atomic E-state index is 13.3. The summed E-state index contributed by atoms with van der Waals surface area (Å²) in [7, 11) is 0. The molecule has 1 aliphatic heterocycles. The number of aryl methyl sites for hydroxylation is 1. The Morgan fingerprint density at radius 1 is 1.10 bits per heavy atom. The van der Waals surface area contributed by atoms with Crippen molar-refractivity contribution in [2.75, 3.05) is 5.32 Å². The minimum absolute atomic E-state index is 0.280. The fourth-order valence-corrected chi connectivity index (χ4v) is 3.63. The van der Waals surface area contributed by atoms with E-state index in [2.05, 4.69) is 32.3 Å². The molecule has 2 N–H and O–H groups in total. The molecular weight excluding hydrogens is 532 g/mol. The molecule has 0 aliphatic carbocycles. The number of rotatable bonds is 2. The van der Waals surface area contributed by atoms with Gasteiger partial charge in [0.15, 0.2) is 5.65 Å². The molecule has 0 fully saturated rings. The molecule has 2 aromatic heterocycles. The average molecular weight is 552 g/mol. The molecule has 9 nitrogen and oxygen atoms in total. The number of halogens is 4. The van der Waals surface area contributed by atoms with E-state index in [0.717, 1.165) is 22.3 Å². The summed E-state index contributed by atoms with van der Waals surface area (Å²) in [4.78, 5) is 26.1. The SMILES string of the molecule is Cc1ccc(NC(=O)N2N=CC[C@@H]2c2ccc(F)cc2)cc1C#Cc1cnc2cccnn12.O=C(O)C(F)(F)F. The number of aromatic nitrogens is 3. The van der Waals surface area contributed by atoms with Crippen LogP contribution < -0.4 is 5.32 Å². The number of imidazole rings is 1. The van der Waals surface area contributed by atoms with Crippen molar-refractivity contribution in [2.45, 2.75) is 25.6 Å². The van der Waals surface area contributed by atoms with Gasteiger partial charge >= 0.3 is 18.2 Å². The average Bonchev–Trinajstić information content (AvgIpc) is 3.57. The molecule has 5 rings (SSSR count). The highest BCUT2D eigenvalue weighted by Crippen LogP contribution is 2.29. The predicted octanol–water partition coefficient (Wildman–Crippen LogP) is 5.17. The Bertz CT molecular complexity index is 1640. The van der Waals surface area contributed by atoms with E-state index in [-0.39, 0.29) is 17.9 Å². The lowest BCUT2D eigenvalue weighted by Gasteiger charge is -2.22. The molecule has 1 aliphatic rings. The van der Waals surface area contributed by atoms with Gasteiger partial charge in [0.2, 0.25) is 0 Å². The van der Waals surface area contributed by atoms with Gasteiger partial charge in [-0.25, -0.2) is 28.5 Å². The Labute approximate surface area is 224 Å². The Kier molecular flexibility index (Phi) is 8.09. The van der Waals surface area contributed by atoms with Crippen molar-refractivity contribution < 1.29 is 32.3 Å². The summed E-state index contributed by atoms with van der Waals surface area (Å²) in [5, 5.41) is 19.9. The number of hydrogen-bond donors (Lipinski definition) is 2. The van der Waals surface area contributed by atoms with E-state index in [1.165, 1.54) is 17.1 Å².